The molecule has 1 aliphatic heterocycles. The molecule has 24 heavy (non-hydrogen) atoms. The van der Waals surface area contributed by atoms with E-state index in [4.69, 9.17) is 0 Å². The number of hydrogen-bond donors (Lipinski definition) is 1. The molecule has 1 saturated heterocycles. The van der Waals surface area contributed by atoms with Crippen molar-refractivity contribution in [2.75, 3.05) is 11.9 Å². The standard InChI is InChI=1S/C20H28N2O2/c1-2-18-12-5-6-13-22(18)20(24)16-10-7-11-17(14-16)21-19(23)15-8-3-4-9-15/h7,10-11,14-15,18H,2-6,8-9,12-13H2,1H3,(H,21,23)/t18-/m1/s1. The van der Waals surface area contributed by atoms with Crippen LogP contribution in [0.3, 0.4) is 0 Å². The van der Waals surface area contributed by atoms with E-state index in [1.54, 1.807) is 0 Å². The van der Waals surface area contributed by atoms with Gasteiger partial charge in [-0.25, -0.2) is 0 Å². The van der Waals surface area contributed by atoms with Crippen molar-refractivity contribution < 1.29 is 9.59 Å². The number of amides is 2. The monoisotopic (exact) mass is 328 g/mol. The molecule has 4 heteroatoms. The number of rotatable bonds is 4. The second-order valence-corrected chi connectivity index (χ2v) is 7.11. The van der Waals surface area contributed by atoms with E-state index >= 15 is 0 Å². The van der Waals surface area contributed by atoms with Crippen LogP contribution in [0, 0.1) is 5.92 Å². The van der Waals surface area contributed by atoms with Gasteiger partial charge in [-0.3, -0.25) is 9.59 Å². The maximum absolute atomic E-state index is 12.9. The number of carbonyl (C=O) groups is 2. The first-order valence-electron chi connectivity index (χ1n) is 9.41. The third-order valence-corrected chi connectivity index (χ3v) is 5.46. The summed E-state index contributed by atoms with van der Waals surface area (Å²) in [4.78, 5) is 27.2. The fraction of sp³-hybridized carbons (Fsp3) is 0.600. The zero-order valence-electron chi connectivity index (χ0n) is 14.6. The molecule has 1 heterocycles. The van der Waals surface area contributed by atoms with E-state index in [1.807, 2.05) is 29.2 Å². The van der Waals surface area contributed by atoms with Gasteiger partial charge in [0.25, 0.3) is 5.91 Å². The summed E-state index contributed by atoms with van der Waals surface area (Å²) in [5.74, 6) is 0.330. The summed E-state index contributed by atoms with van der Waals surface area (Å²) in [6.45, 7) is 2.99. The lowest BCUT2D eigenvalue weighted by molar-refractivity contribution is -0.119. The molecular formula is C20H28N2O2. The number of benzene rings is 1. The van der Waals surface area contributed by atoms with Crippen molar-refractivity contribution in [3.8, 4) is 0 Å². The molecule has 3 rings (SSSR count). The van der Waals surface area contributed by atoms with Crippen LogP contribution in [-0.4, -0.2) is 29.3 Å². The Morgan fingerprint density at radius 2 is 1.88 bits per heavy atom. The van der Waals surface area contributed by atoms with Crippen LogP contribution in [0.4, 0.5) is 5.69 Å². The summed E-state index contributed by atoms with van der Waals surface area (Å²) in [6, 6.07) is 7.77. The minimum Gasteiger partial charge on any atom is -0.336 e. The average molecular weight is 328 g/mol. The maximum atomic E-state index is 12.9. The fourth-order valence-corrected chi connectivity index (χ4v) is 4.02. The Morgan fingerprint density at radius 3 is 2.62 bits per heavy atom. The van der Waals surface area contributed by atoms with E-state index in [2.05, 4.69) is 12.2 Å². The minimum atomic E-state index is 0.0958. The topological polar surface area (TPSA) is 49.4 Å². The summed E-state index contributed by atoms with van der Waals surface area (Å²) >= 11 is 0. The van der Waals surface area contributed by atoms with Crippen molar-refractivity contribution >= 4 is 17.5 Å². The van der Waals surface area contributed by atoms with Crippen molar-refractivity contribution in [3.63, 3.8) is 0 Å². The molecular weight excluding hydrogens is 300 g/mol. The van der Waals surface area contributed by atoms with Gasteiger partial charge < -0.3 is 10.2 Å². The number of nitrogens with one attached hydrogen (secondary N) is 1. The van der Waals surface area contributed by atoms with Gasteiger partial charge in [-0.05, 0) is 56.7 Å². The van der Waals surface area contributed by atoms with Crippen molar-refractivity contribution in [2.45, 2.75) is 64.3 Å². The smallest absolute Gasteiger partial charge is 0.254 e. The Bertz CT molecular complexity index is 593. The van der Waals surface area contributed by atoms with E-state index in [0.717, 1.165) is 57.2 Å². The third-order valence-electron chi connectivity index (χ3n) is 5.46. The van der Waals surface area contributed by atoms with Crippen molar-refractivity contribution in [3.05, 3.63) is 29.8 Å². The summed E-state index contributed by atoms with van der Waals surface area (Å²) in [7, 11) is 0. The number of hydrogen-bond acceptors (Lipinski definition) is 2. The van der Waals surface area contributed by atoms with E-state index in [0.29, 0.717) is 11.6 Å². The largest absolute Gasteiger partial charge is 0.336 e. The second kappa shape index (κ2) is 7.82. The lowest BCUT2D eigenvalue weighted by Crippen LogP contribution is -2.43. The van der Waals surface area contributed by atoms with Crippen LogP contribution < -0.4 is 5.32 Å². The van der Waals surface area contributed by atoms with Crippen molar-refractivity contribution in [2.24, 2.45) is 5.92 Å². The van der Waals surface area contributed by atoms with E-state index < -0.39 is 0 Å². The van der Waals surface area contributed by atoms with Crippen molar-refractivity contribution in [1.29, 1.82) is 0 Å². The average Bonchev–Trinajstić information content (AvgIpc) is 3.16. The zero-order valence-corrected chi connectivity index (χ0v) is 14.6. The highest BCUT2D eigenvalue weighted by molar-refractivity contribution is 5.98. The highest BCUT2D eigenvalue weighted by Crippen LogP contribution is 2.27. The van der Waals surface area contributed by atoms with Gasteiger partial charge in [0, 0.05) is 29.8 Å². The molecule has 4 nitrogen and oxygen atoms in total. The van der Waals surface area contributed by atoms with Crippen LogP contribution in [0.2, 0.25) is 0 Å². The highest BCUT2D eigenvalue weighted by atomic mass is 16.2. The summed E-state index contributed by atoms with van der Waals surface area (Å²) < 4.78 is 0. The zero-order chi connectivity index (χ0) is 16.9. The van der Waals surface area contributed by atoms with Crippen LogP contribution in [0.5, 0.6) is 0 Å². The predicted molar refractivity (Wildman–Crippen MR) is 96.0 cm³/mol. The SMILES string of the molecule is CC[C@@H]1CCCCN1C(=O)c1cccc(NC(=O)C2CCCC2)c1. The van der Waals surface area contributed by atoms with Crippen LogP contribution in [0.25, 0.3) is 0 Å². The Morgan fingerprint density at radius 1 is 1.12 bits per heavy atom. The number of likely N-dealkylation sites (tertiary alicyclic amines) is 1. The van der Waals surface area contributed by atoms with Gasteiger partial charge in [0.2, 0.25) is 5.91 Å². The molecule has 1 N–H and O–H groups in total. The number of nitrogens with zero attached hydrogens (tertiary/aromatic N) is 1. The van der Waals surface area contributed by atoms with Gasteiger partial charge in [-0.1, -0.05) is 25.8 Å². The van der Waals surface area contributed by atoms with E-state index in [-0.39, 0.29) is 17.7 Å². The molecule has 0 bridgehead atoms. The van der Waals surface area contributed by atoms with E-state index in [9.17, 15) is 9.59 Å². The maximum Gasteiger partial charge on any atom is 0.254 e. The molecule has 0 radical (unpaired) electrons. The molecule has 2 amide bonds. The fourth-order valence-electron chi connectivity index (χ4n) is 4.02. The van der Waals surface area contributed by atoms with Gasteiger partial charge in [0.05, 0.1) is 0 Å². The summed E-state index contributed by atoms with van der Waals surface area (Å²) in [6.07, 6.45) is 8.64. The molecule has 0 aromatic heterocycles. The van der Waals surface area contributed by atoms with Gasteiger partial charge in [0.15, 0.2) is 0 Å². The van der Waals surface area contributed by atoms with Gasteiger partial charge in [-0.2, -0.15) is 0 Å². The summed E-state index contributed by atoms with van der Waals surface area (Å²) in [5, 5.41) is 3.00. The first kappa shape index (κ1) is 17.0. The van der Waals surface area contributed by atoms with Gasteiger partial charge >= 0.3 is 0 Å². The predicted octanol–water partition coefficient (Wildman–Crippen LogP) is 4.22. The molecule has 130 valence electrons. The molecule has 1 aliphatic carbocycles. The lowest BCUT2D eigenvalue weighted by Gasteiger charge is -2.35. The second-order valence-electron chi connectivity index (χ2n) is 7.11. The Hall–Kier alpha value is -1.84. The Labute approximate surface area is 144 Å². The highest BCUT2D eigenvalue weighted by Gasteiger charge is 2.27. The summed E-state index contributed by atoms with van der Waals surface area (Å²) in [5.41, 5.74) is 1.42. The van der Waals surface area contributed by atoms with Crippen LogP contribution in [0.15, 0.2) is 24.3 Å². The van der Waals surface area contributed by atoms with Gasteiger partial charge in [-0.15, -0.1) is 0 Å². The third kappa shape index (κ3) is 3.80. The minimum absolute atomic E-state index is 0.0958. The molecule has 0 unspecified atom stereocenters. The van der Waals surface area contributed by atoms with Crippen LogP contribution in [-0.2, 0) is 4.79 Å². The van der Waals surface area contributed by atoms with E-state index in [1.165, 1.54) is 6.42 Å². The Balaban J connectivity index is 1.69. The first-order chi connectivity index (χ1) is 11.7. The Kier molecular flexibility index (Phi) is 5.54. The molecule has 2 aliphatic rings. The molecule has 1 atom stereocenters. The quantitative estimate of drug-likeness (QED) is 0.899. The normalized spacial score (nSPS) is 21.7. The molecule has 1 saturated carbocycles. The first-order valence-corrected chi connectivity index (χ1v) is 9.41. The number of carbonyl (C=O) groups excluding carboxylic acids is 2. The number of piperidine rings is 1. The van der Waals surface area contributed by atoms with Crippen LogP contribution >= 0.6 is 0 Å². The van der Waals surface area contributed by atoms with Crippen molar-refractivity contribution in [1.82, 2.24) is 4.90 Å². The number of anilines is 1. The lowest BCUT2D eigenvalue weighted by atomic mass is 9.98. The molecule has 1 aromatic rings. The molecule has 1 aromatic carbocycles. The van der Waals surface area contributed by atoms with Crippen LogP contribution in [0.1, 0.15) is 68.6 Å². The van der Waals surface area contributed by atoms with Gasteiger partial charge in [0.1, 0.15) is 0 Å². The molecule has 2 fully saturated rings. The molecule has 0 spiro atoms.